The summed E-state index contributed by atoms with van der Waals surface area (Å²) in [6.07, 6.45) is 0.216. The Labute approximate surface area is 200 Å². The predicted octanol–water partition coefficient (Wildman–Crippen LogP) is 2.43. The van der Waals surface area contributed by atoms with Gasteiger partial charge in [0, 0.05) is 19.4 Å². The van der Waals surface area contributed by atoms with Crippen molar-refractivity contribution in [2.45, 2.75) is 33.2 Å². The summed E-state index contributed by atoms with van der Waals surface area (Å²) in [5.74, 6) is 0.421. The molecular formula is C24H24N6O5. The minimum Gasteiger partial charge on any atom is -0.492 e. The Hall–Kier alpha value is -4.54. The zero-order chi connectivity index (χ0) is 24.8. The summed E-state index contributed by atoms with van der Waals surface area (Å²) in [6.45, 7) is 4.17. The minimum atomic E-state index is -0.623. The molecule has 0 aliphatic rings. The highest BCUT2D eigenvalue weighted by Crippen LogP contribution is 2.24. The number of para-hydroxylation sites is 3. The normalized spacial score (nSPS) is 10.8. The number of aryl methyl sites for hydroxylation is 1. The van der Waals surface area contributed by atoms with E-state index < -0.39 is 11.2 Å². The van der Waals surface area contributed by atoms with E-state index in [0.717, 1.165) is 9.25 Å². The van der Waals surface area contributed by atoms with E-state index in [2.05, 4.69) is 20.6 Å². The lowest BCUT2D eigenvalue weighted by Crippen LogP contribution is -2.41. The minimum absolute atomic E-state index is 0.0565. The molecule has 2 aromatic carbocycles. The van der Waals surface area contributed by atoms with E-state index >= 15 is 0 Å². The number of anilines is 1. The standard InChI is InChI=1S/C24H24N6O5/c1-3-29-23(32)21(27-30(24(29)33)16-10-6-5-7-11-16)22-26-20(35-28-22)15-14-19(31)25-17-12-8-9-13-18(17)34-4-2/h5-13H,3-4,14-15H2,1-2H3,(H,25,31). The average molecular weight is 476 g/mol. The third-order valence-electron chi connectivity index (χ3n) is 5.08. The smallest absolute Gasteiger partial charge is 0.352 e. The van der Waals surface area contributed by atoms with Gasteiger partial charge < -0.3 is 14.6 Å². The quantitative estimate of drug-likeness (QED) is 0.389. The van der Waals surface area contributed by atoms with Gasteiger partial charge in [0.15, 0.2) is 5.69 Å². The van der Waals surface area contributed by atoms with Crippen molar-refractivity contribution in [2.24, 2.45) is 0 Å². The van der Waals surface area contributed by atoms with Crippen LogP contribution in [-0.4, -0.2) is 37.0 Å². The van der Waals surface area contributed by atoms with Crippen LogP contribution in [0.1, 0.15) is 26.2 Å². The monoisotopic (exact) mass is 476 g/mol. The largest absolute Gasteiger partial charge is 0.492 e. The van der Waals surface area contributed by atoms with Crippen LogP contribution >= 0.6 is 0 Å². The van der Waals surface area contributed by atoms with Gasteiger partial charge in [0.25, 0.3) is 5.56 Å². The van der Waals surface area contributed by atoms with Crippen molar-refractivity contribution in [1.29, 1.82) is 0 Å². The second-order valence-electron chi connectivity index (χ2n) is 7.42. The number of nitrogens with one attached hydrogen (secondary N) is 1. The van der Waals surface area contributed by atoms with Gasteiger partial charge in [-0.15, -0.1) is 0 Å². The summed E-state index contributed by atoms with van der Waals surface area (Å²) >= 11 is 0. The number of benzene rings is 2. The number of hydrogen-bond acceptors (Lipinski definition) is 8. The summed E-state index contributed by atoms with van der Waals surface area (Å²) in [4.78, 5) is 42.3. The molecule has 35 heavy (non-hydrogen) atoms. The number of rotatable bonds is 9. The van der Waals surface area contributed by atoms with Crippen molar-refractivity contribution < 1.29 is 14.1 Å². The van der Waals surface area contributed by atoms with Crippen molar-refractivity contribution in [3.8, 4) is 23.0 Å². The molecule has 180 valence electrons. The molecule has 1 amide bonds. The van der Waals surface area contributed by atoms with Crippen LogP contribution in [0.2, 0.25) is 0 Å². The molecule has 0 atom stereocenters. The molecule has 1 N–H and O–H groups in total. The second-order valence-corrected chi connectivity index (χ2v) is 7.42. The van der Waals surface area contributed by atoms with Gasteiger partial charge in [-0.2, -0.15) is 14.8 Å². The summed E-state index contributed by atoms with van der Waals surface area (Å²) < 4.78 is 12.9. The maximum absolute atomic E-state index is 12.9. The van der Waals surface area contributed by atoms with Gasteiger partial charge in [0.1, 0.15) is 5.75 Å². The Kier molecular flexibility index (Phi) is 7.15. The van der Waals surface area contributed by atoms with Crippen LogP contribution in [0.25, 0.3) is 17.2 Å². The van der Waals surface area contributed by atoms with E-state index in [4.69, 9.17) is 9.26 Å². The molecule has 2 aromatic heterocycles. The van der Waals surface area contributed by atoms with E-state index in [1.54, 1.807) is 49.4 Å². The van der Waals surface area contributed by atoms with Crippen LogP contribution in [-0.2, 0) is 17.8 Å². The van der Waals surface area contributed by atoms with E-state index in [1.807, 2.05) is 19.1 Å². The maximum atomic E-state index is 12.9. The molecule has 0 saturated heterocycles. The first-order valence-corrected chi connectivity index (χ1v) is 11.2. The zero-order valence-corrected chi connectivity index (χ0v) is 19.3. The predicted molar refractivity (Wildman–Crippen MR) is 128 cm³/mol. The topological polar surface area (TPSA) is 134 Å². The van der Waals surface area contributed by atoms with Gasteiger partial charge in [0.2, 0.25) is 17.6 Å². The number of nitrogens with zero attached hydrogens (tertiary/aromatic N) is 5. The maximum Gasteiger partial charge on any atom is 0.352 e. The second kappa shape index (κ2) is 10.6. The third kappa shape index (κ3) is 5.18. The van der Waals surface area contributed by atoms with Gasteiger partial charge in [0.05, 0.1) is 18.0 Å². The molecule has 11 heteroatoms. The molecular weight excluding hydrogens is 452 g/mol. The number of ether oxygens (including phenoxy) is 1. The van der Waals surface area contributed by atoms with Crippen molar-refractivity contribution in [1.82, 2.24) is 24.5 Å². The first-order valence-electron chi connectivity index (χ1n) is 11.2. The molecule has 0 bridgehead atoms. The molecule has 4 aromatic rings. The molecule has 0 radical (unpaired) electrons. The highest BCUT2D eigenvalue weighted by Gasteiger charge is 2.20. The van der Waals surface area contributed by atoms with Gasteiger partial charge in [-0.3, -0.25) is 14.2 Å². The molecule has 0 unspecified atom stereocenters. The summed E-state index contributed by atoms with van der Waals surface area (Å²) in [6, 6.07) is 15.9. The number of carbonyl (C=O) groups is 1. The number of hydrogen-bond donors (Lipinski definition) is 1. The fourth-order valence-corrected chi connectivity index (χ4v) is 3.41. The van der Waals surface area contributed by atoms with Crippen LogP contribution in [0.5, 0.6) is 5.75 Å². The number of aromatic nitrogens is 5. The van der Waals surface area contributed by atoms with Crippen LogP contribution in [0.4, 0.5) is 5.69 Å². The van der Waals surface area contributed by atoms with Crippen LogP contribution in [0, 0.1) is 0 Å². The molecule has 0 fully saturated rings. The van der Waals surface area contributed by atoms with Crippen molar-refractivity contribution in [3.63, 3.8) is 0 Å². The SMILES string of the molecule is CCOc1ccccc1NC(=O)CCc1nc(-c2nn(-c3ccccc3)c(=O)n(CC)c2=O)no1. The zero-order valence-electron chi connectivity index (χ0n) is 19.3. The van der Waals surface area contributed by atoms with E-state index in [1.165, 1.54) is 0 Å². The Morgan fingerprint density at radius 2 is 1.80 bits per heavy atom. The average Bonchev–Trinajstić information content (AvgIpc) is 3.34. The van der Waals surface area contributed by atoms with Gasteiger partial charge in [-0.1, -0.05) is 35.5 Å². The van der Waals surface area contributed by atoms with Gasteiger partial charge in [-0.05, 0) is 38.1 Å². The summed E-state index contributed by atoms with van der Waals surface area (Å²) in [7, 11) is 0. The van der Waals surface area contributed by atoms with E-state index in [-0.39, 0.29) is 42.7 Å². The fourth-order valence-electron chi connectivity index (χ4n) is 3.41. The lowest BCUT2D eigenvalue weighted by molar-refractivity contribution is -0.116. The first-order chi connectivity index (χ1) is 17.0. The summed E-state index contributed by atoms with van der Waals surface area (Å²) in [5.41, 5.74) is -0.255. The Balaban J connectivity index is 1.53. The number of amides is 1. The van der Waals surface area contributed by atoms with E-state index in [9.17, 15) is 14.4 Å². The Bertz CT molecular complexity index is 1440. The van der Waals surface area contributed by atoms with Crippen molar-refractivity contribution in [3.05, 3.63) is 81.3 Å². The van der Waals surface area contributed by atoms with Gasteiger partial charge >= 0.3 is 5.69 Å². The van der Waals surface area contributed by atoms with Crippen LogP contribution in [0.15, 0.2) is 68.7 Å². The molecule has 4 rings (SSSR count). The molecule has 0 aliphatic heterocycles. The molecule has 11 nitrogen and oxygen atoms in total. The Morgan fingerprint density at radius 3 is 2.54 bits per heavy atom. The third-order valence-corrected chi connectivity index (χ3v) is 5.08. The van der Waals surface area contributed by atoms with Gasteiger partial charge in [-0.25, -0.2) is 4.79 Å². The Morgan fingerprint density at radius 1 is 1.06 bits per heavy atom. The highest BCUT2D eigenvalue weighted by molar-refractivity contribution is 5.92. The first kappa shape index (κ1) is 23.6. The van der Waals surface area contributed by atoms with Crippen LogP contribution in [0.3, 0.4) is 0 Å². The molecule has 0 spiro atoms. The lowest BCUT2D eigenvalue weighted by Gasteiger charge is -2.10. The van der Waals surface area contributed by atoms with Crippen LogP contribution < -0.4 is 21.3 Å². The molecule has 2 heterocycles. The van der Waals surface area contributed by atoms with E-state index in [0.29, 0.717) is 23.7 Å². The van der Waals surface area contributed by atoms with Crippen molar-refractivity contribution in [2.75, 3.05) is 11.9 Å². The lowest BCUT2D eigenvalue weighted by atomic mass is 10.2. The number of carbonyl (C=O) groups excluding carboxylic acids is 1. The molecule has 0 saturated carbocycles. The fraction of sp³-hybridized carbons (Fsp3) is 0.250. The van der Waals surface area contributed by atoms with Crippen molar-refractivity contribution >= 4 is 11.6 Å². The molecule has 0 aliphatic carbocycles. The highest BCUT2D eigenvalue weighted by atomic mass is 16.5. The summed E-state index contributed by atoms with van der Waals surface area (Å²) in [5, 5.41) is 10.9.